The van der Waals surface area contributed by atoms with E-state index in [2.05, 4.69) is 26.1 Å². The van der Waals surface area contributed by atoms with Crippen LogP contribution in [0, 0.1) is 5.41 Å². The highest BCUT2D eigenvalue weighted by molar-refractivity contribution is 4.69. The van der Waals surface area contributed by atoms with E-state index in [1.807, 2.05) is 0 Å². The maximum atomic E-state index is 9.63. The van der Waals surface area contributed by atoms with Crippen molar-refractivity contribution in [2.45, 2.75) is 46.1 Å². The predicted molar refractivity (Wildman–Crippen MR) is 59.3 cm³/mol. The van der Waals surface area contributed by atoms with Crippen LogP contribution in [0.15, 0.2) is 0 Å². The molecule has 0 bridgehead atoms. The Morgan fingerprint density at radius 2 is 1.86 bits per heavy atom. The monoisotopic (exact) mass is 203 g/mol. The summed E-state index contributed by atoms with van der Waals surface area (Å²) in [5.41, 5.74) is 0.187. The van der Waals surface area contributed by atoms with Crippen LogP contribution in [0.2, 0.25) is 0 Å². The molecule has 1 unspecified atom stereocenters. The number of unbranched alkanes of at least 4 members (excludes halogenated alkanes) is 1. The Balaban J connectivity index is 3.31. The quantitative estimate of drug-likeness (QED) is 0.544. The van der Waals surface area contributed by atoms with Gasteiger partial charge in [-0.15, -0.1) is 0 Å². The Kier molecular flexibility index (Phi) is 7.15. The molecule has 0 aromatic carbocycles. The molecule has 0 aliphatic heterocycles. The first-order valence-corrected chi connectivity index (χ1v) is 5.45. The maximum Gasteiger partial charge on any atom is 0.0669 e. The molecule has 0 aliphatic carbocycles. The van der Waals surface area contributed by atoms with Gasteiger partial charge in [-0.2, -0.15) is 0 Å². The second kappa shape index (κ2) is 7.21. The lowest BCUT2D eigenvalue weighted by Gasteiger charge is -2.22. The molecule has 14 heavy (non-hydrogen) atoms. The maximum absolute atomic E-state index is 9.63. The summed E-state index contributed by atoms with van der Waals surface area (Å²) >= 11 is 0. The Morgan fingerprint density at radius 1 is 1.21 bits per heavy atom. The highest BCUT2D eigenvalue weighted by Gasteiger charge is 2.15. The lowest BCUT2D eigenvalue weighted by atomic mass is 9.89. The first-order chi connectivity index (χ1) is 6.45. The molecule has 0 radical (unpaired) electrons. The van der Waals surface area contributed by atoms with Crippen molar-refractivity contribution in [1.82, 2.24) is 5.32 Å². The summed E-state index contributed by atoms with van der Waals surface area (Å²) in [5.74, 6) is 0. The number of hydrogen-bond acceptors (Lipinski definition) is 3. The van der Waals surface area contributed by atoms with Gasteiger partial charge in [-0.1, -0.05) is 20.8 Å². The van der Waals surface area contributed by atoms with Gasteiger partial charge in [-0.3, -0.25) is 0 Å². The number of aliphatic hydroxyl groups excluding tert-OH is 2. The predicted octanol–water partition coefficient (Wildman–Crippen LogP) is 1.15. The van der Waals surface area contributed by atoms with Gasteiger partial charge in [-0.05, 0) is 31.2 Å². The third-order valence-electron chi connectivity index (χ3n) is 1.99. The fourth-order valence-corrected chi connectivity index (χ4v) is 1.41. The van der Waals surface area contributed by atoms with Crippen molar-refractivity contribution in [3.8, 4) is 0 Å². The highest BCUT2D eigenvalue weighted by Crippen LogP contribution is 2.20. The summed E-state index contributed by atoms with van der Waals surface area (Å²) in [6.07, 6.45) is 2.37. The van der Waals surface area contributed by atoms with Gasteiger partial charge in [0.2, 0.25) is 0 Å². The second-order valence-corrected chi connectivity index (χ2v) is 5.05. The molecule has 0 amide bonds. The molecule has 0 saturated carbocycles. The smallest absolute Gasteiger partial charge is 0.0669 e. The summed E-state index contributed by atoms with van der Waals surface area (Å²) < 4.78 is 0. The van der Waals surface area contributed by atoms with Gasteiger partial charge in [0.15, 0.2) is 0 Å². The minimum absolute atomic E-state index is 0.187. The summed E-state index contributed by atoms with van der Waals surface area (Å²) in [7, 11) is 0. The Morgan fingerprint density at radius 3 is 2.36 bits per heavy atom. The van der Waals surface area contributed by atoms with Crippen molar-refractivity contribution in [2.75, 3.05) is 19.7 Å². The van der Waals surface area contributed by atoms with E-state index in [1.54, 1.807) is 0 Å². The highest BCUT2D eigenvalue weighted by atomic mass is 16.3. The molecule has 0 rings (SSSR count). The van der Waals surface area contributed by atoms with Gasteiger partial charge in [-0.25, -0.2) is 0 Å². The van der Waals surface area contributed by atoms with Crippen molar-refractivity contribution in [2.24, 2.45) is 5.41 Å². The lowest BCUT2D eigenvalue weighted by molar-refractivity contribution is 0.119. The van der Waals surface area contributed by atoms with E-state index in [1.165, 1.54) is 0 Å². The first kappa shape index (κ1) is 13.9. The van der Waals surface area contributed by atoms with Gasteiger partial charge in [0.05, 0.1) is 6.10 Å². The van der Waals surface area contributed by atoms with E-state index in [9.17, 15) is 5.11 Å². The van der Waals surface area contributed by atoms with Gasteiger partial charge in [0.25, 0.3) is 0 Å². The van der Waals surface area contributed by atoms with E-state index < -0.39 is 0 Å². The lowest BCUT2D eigenvalue weighted by Crippen LogP contribution is -2.30. The largest absolute Gasteiger partial charge is 0.396 e. The van der Waals surface area contributed by atoms with Gasteiger partial charge >= 0.3 is 0 Å². The topological polar surface area (TPSA) is 52.5 Å². The van der Waals surface area contributed by atoms with Crippen molar-refractivity contribution in [1.29, 1.82) is 0 Å². The van der Waals surface area contributed by atoms with E-state index >= 15 is 0 Å². The molecule has 0 aromatic rings. The minimum Gasteiger partial charge on any atom is -0.396 e. The molecule has 0 aromatic heterocycles. The SMILES string of the molecule is CC(C)(C)CC(O)CNCCCCO. The van der Waals surface area contributed by atoms with E-state index in [4.69, 9.17) is 5.11 Å². The van der Waals surface area contributed by atoms with Crippen LogP contribution in [0.1, 0.15) is 40.0 Å². The molecule has 86 valence electrons. The molecule has 0 fully saturated rings. The Labute approximate surface area is 87.5 Å². The molecule has 0 aliphatic rings. The van der Waals surface area contributed by atoms with Crippen LogP contribution in [0.5, 0.6) is 0 Å². The van der Waals surface area contributed by atoms with Gasteiger partial charge in [0, 0.05) is 13.2 Å². The Hall–Kier alpha value is -0.120. The second-order valence-electron chi connectivity index (χ2n) is 5.05. The normalized spacial score (nSPS) is 14.4. The molecular formula is C11H25NO2. The number of aliphatic hydroxyl groups is 2. The Bertz CT molecular complexity index is 132. The molecular weight excluding hydrogens is 178 g/mol. The van der Waals surface area contributed by atoms with Crippen molar-refractivity contribution < 1.29 is 10.2 Å². The zero-order chi connectivity index (χ0) is 11.0. The molecule has 3 heteroatoms. The average molecular weight is 203 g/mol. The van der Waals surface area contributed by atoms with Crippen molar-refractivity contribution in [3.63, 3.8) is 0 Å². The van der Waals surface area contributed by atoms with Crippen LogP contribution in [-0.4, -0.2) is 36.0 Å². The van der Waals surface area contributed by atoms with E-state index in [-0.39, 0.29) is 18.1 Å². The van der Waals surface area contributed by atoms with Gasteiger partial charge < -0.3 is 15.5 Å². The fraction of sp³-hybridized carbons (Fsp3) is 1.00. The number of rotatable bonds is 7. The van der Waals surface area contributed by atoms with Crippen LogP contribution in [0.3, 0.4) is 0 Å². The van der Waals surface area contributed by atoms with Crippen LogP contribution < -0.4 is 5.32 Å². The molecule has 0 spiro atoms. The summed E-state index contributed by atoms with van der Waals surface area (Å²) in [4.78, 5) is 0. The minimum atomic E-state index is -0.260. The van der Waals surface area contributed by atoms with Crippen molar-refractivity contribution in [3.05, 3.63) is 0 Å². The van der Waals surface area contributed by atoms with Crippen LogP contribution in [-0.2, 0) is 0 Å². The zero-order valence-corrected chi connectivity index (χ0v) is 9.71. The van der Waals surface area contributed by atoms with Crippen LogP contribution in [0.4, 0.5) is 0 Å². The van der Waals surface area contributed by atoms with Crippen LogP contribution in [0.25, 0.3) is 0 Å². The average Bonchev–Trinajstić information content (AvgIpc) is 2.00. The zero-order valence-electron chi connectivity index (χ0n) is 9.71. The standard InChI is InChI=1S/C11H25NO2/c1-11(2,3)8-10(14)9-12-6-4-5-7-13/h10,12-14H,4-9H2,1-3H3. The first-order valence-electron chi connectivity index (χ1n) is 5.45. The number of nitrogens with one attached hydrogen (secondary N) is 1. The molecule has 0 saturated heterocycles. The molecule has 3 N–H and O–H groups in total. The van der Waals surface area contributed by atoms with E-state index in [0.717, 1.165) is 25.8 Å². The third-order valence-corrected chi connectivity index (χ3v) is 1.99. The number of hydrogen-bond donors (Lipinski definition) is 3. The van der Waals surface area contributed by atoms with Crippen LogP contribution >= 0.6 is 0 Å². The molecule has 1 atom stereocenters. The molecule has 3 nitrogen and oxygen atoms in total. The third kappa shape index (κ3) is 9.96. The molecule has 0 heterocycles. The van der Waals surface area contributed by atoms with Crippen molar-refractivity contribution >= 4 is 0 Å². The summed E-state index contributed by atoms with van der Waals surface area (Å²) in [5, 5.41) is 21.4. The van der Waals surface area contributed by atoms with Gasteiger partial charge in [0.1, 0.15) is 0 Å². The summed E-state index contributed by atoms with van der Waals surface area (Å²) in [6, 6.07) is 0. The summed E-state index contributed by atoms with van der Waals surface area (Å²) in [6.45, 7) is 8.17. The fourth-order valence-electron chi connectivity index (χ4n) is 1.41. The van der Waals surface area contributed by atoms with E-state index in [0.29, 0.717) is 6.54 Å².